The van der Waals surface area contributed by atoms with E-state index in [1.165, 1.54) is 0 Å². The second-order valence-electron chi connectivity index (χ2n) is 3.78. The highest BCUT2D eigenvalue weighted by molar-refractivity contribution is 6.31. The van der Waals surface area contributed by atoms with Crippen LogP contribution in [0.3, 0.4) is 0 Å². The van der Waals surface area contributed by atoms with Crippen LogP contribution in [-0.2, 0) is 13.0 Å². The summed E-state index contributed by atoms with van der Waals surface area (Å²) in [5.41, 5.74) is 7.22. The maximum atomic E-state index is 6.04. The molecule has 0 radical (unpaired) electrons. The van der Waals surface area contributed by atoms with E-state index in [0.29, 0.717) is 18.2 Å². The zero-order chi connectivity index (χ0) is 13.0. The molecular weight excluding hydrogens is 250 g/mol. The van der Waals surface area contributed by atoms with Gasteiger partial charge in [0.1, 0.15) is 5.75 Å². The SMILES string of the molecule is CCc1cc(Oc2ccc(CN)nn2)ccc1Cl. The zero-order valence-corrected chi connectivity index (χ0v) is 10.8. The highest BCUT2D eigenvalue weighted by Crippen LogP contribution is 2.25. The second kappa shape index (κ2) is 5.80. The van der Waals surface area contributed by atoms with Crippen LogP contribution in [-0.4, -0.2) is 10.2 Å². The van der Waals surface area contributed by atoms with Crippen LogP contribution in [0.15, 0.2) is 30.3 Å². The van der Waals surface area contributed by atoms with Crippen molar-refractivity contribution in [3.05, 3.63) is 46.6 Å². The van der Waals surface area contributed by atoms with Crippen molar-refractivity contribution in [2.75, 3.05) is 0 Å². The first kappa shape index (κ1) is 12.8. The van der Waals surface area contributed by atoms with E-state index in [0.717, 1.165) is 22.7 Å². The Hall–Kier alpha value is -1.65. The molecule has 2 aromatic rings. The molecule has 0 aliphatic carbocycles. The van der Waals surface area contributed by atoms with E-state index in [2.05, 4.69) is 10.2 Å². The number of ether oxygens (including phenoxy) is 1. The Morgan fingerprint density at radius 3 is 2.67 bits per heavy atom. The minimum absolute atomic E-state index is 0.369. The molecule has 0 saturated carbocycles. The van der Waals surface area contributed by atoms with Gasteiger partial charge in [0, 0.05) is 17.6 Å². The van der Waals surface area contributed by atoms with E-state index in [1.54, 1.807) is 18.2 Å². The third-order valence-electron chi connectivity index (χ3n) is 2.52. The lowest BCUT2D eigenvalue weighted by atomic mass is 10.1. The van der Waals surface area contributed by atoms with E-state index in [-0.39, 0.29) is 0 Å². The summed E-state index contributed by atoms with van der Waals surface area (Å²) in [5.74, 6) is 1.14. The van der Waals surface area contributed by atoms with E-state index in [4.69, 9.17) is 22.1 Å². The lowest BCUT2D eigenvalue weighted by Gasteiger charge is -2.07. The maximum Gasteiger partial charge on any atom is 0.238 e. The van der Waals surface area contributed by atoms with Crippen molar-refractivity contribution in [1.82, 2.24) is 10.2 Å². The Balaban J connectivity index is 2.17. The van der Waals surface area contributed by atoms with Gasteiger partial charge in [-0.2, -0.15) is 5.10 Å². The number of benzene rings is 1. The van der Waals surface area contributed by atoms with Crippen LogP contribution in [0.4, 0.5) is 0 Å². The van der Waals surface area contributed by atoms with Gasteiger partial charge < -0.3 is 10.5 Å². The Kier molecular flexibility index (Phi) is 4.12. The summed E-state index contributed by atoms with van der Waals surface area (Å²) in [7, 11) is 0. The Morgan fingerprint density at radius 1 is 1.22 bits per heavy atom. The van der Waals surface area contributed by atoms with Crippen molar-refractivity contribution in [3.63, 3.8) is 0 Å². The van der Waals surface area contributed by atoms with Gasteiger partial charge in [0.2, 0.25) is 5.88 Å². The lowest BCUT2D eigenvalue weighted by molar-refractivity contribution is 0.453. The minimum Gasteiger partial charge on any atom is -0.438 e. The number of nitrogens with zero attached hydrogens (tertiary/aromatic N) is 2. The van der Waals surface area contributed by atoms with Crippen LogP contribution < -0.4 is 10.5 Å². The topological polar surface area (TPSA) is 61.0 Å². The van der Waals surface area contributed by atoms with Gasteiger partial charge in [-0.05, 0) is 36.2 Å². The van der Waals surface area contributed by atoms with Gasteiger partial charge in [-0.25, -0.2) is 0 Å². The smallest absolute Gasteiger partial charge is 0.238 e. The highest BCUT2D eigenvalue weighted by atomic mass is 35.5. The number of halogens is 1. The van der Waals surface area contributed by atoms with Gasteiger partial charge >= 0.3 is 0 Å². The standard InChI is InChI=1S/C13H14ClN3O/c1-2-9-7-11(4-5-12(9)14)18-13-6-3-10(8-15)16-17-13/h3-7H,2,8,15H2,1H3. The molecule has 0 amide bonds. The number of hydrogen-bond donors (Lipinski definition) is 1. The average molecular weight is 264 g/mol. The number of rotatable bonds is 4. The van der Waals surface area contributed by atoms with Gasteiger partial charge in [0.05, 0.1) is 5.69 Å². The molecule has 0 aliphatic heterocycles. The van der Waals surface area contributed by atoms with Gasteiger partial charge in [0.15, 0.2) is 0 Å². The van der Waals surface area contributed by atoms with Crippen molar-refractivity contribution in [3.8, 4) is 11.6 Å². The van der Waals surface area contributed by atoms with Crippen LogP contribution in [0.1, 0.15) is 18.2 Å². The molecule has 5 heteroatoms. The Labute approximate surface area is 111 Å². The normalized spacial score (nSPS) is 10.4. The Morgan fingerprint density at radius 2 is 2.06 bits per heavy atom. The van der Waals surface area contributed by atoms with Crippen LogP contribution in [0, 0.1) is 0 Å². The zero-order valence-electron chi connectivity index (χ0n) is 10.1. The Bertz CT molecular complexity index is 528. The third-order valence-corrected chi connectivity index (χ3v) is 2.89. The third kappa shape index (κ3) is 2.97. The van der Waals surface area contributed by atoms with Crippen LogP contribution in [0.5, 0.6) is 11.6 Å². The first-order valence-corrected chi connectivity index (χ1v) is 6.09. The van der Waals surface area contributed by atoms with Crippen molar-refractivity contribution in [2.24, 2.45) is 5.73 Å². The first-order chi connectivity index (χ1) is 8.72. The summed E-state index contributed by atoms with van der Waals surface area (Å²) >= 11 is 6.04. The number of nitrogens with two attached hydrogens (primary N) is 1. The maximum absolute atomic E-state index is 6.04. The van der Waals surface area contributed by atoms with E-state index >= 15 is 0 Å². The summed E-state index contributed by atoms with van der Waals surface area (Å²) in [6.07, 6.45) is 0.855. The molecule has 0 atom stereocenters. The van der Waals surface area contributed by atoms with Gasteiger partial charge in [-0.3, -0.25) is 0 Å². The van der Waals surface area contributed by atoms with Crippen LogP contribution >= 0.6 is 11.6 Å². The summed E-state index contributed by atoms with van der Waals surface area (Å²) < 4.78 is 5.60. The molecule has 1 aromatic heterocycles. The van der Waals surface area contributed by atoms with Gasteiger partial charge in [-0.15, -0.1) is 5.10 Å². The molecule has 0 aliphatic rings. The van der Waals surface area contributed by atoms with Gasteiger partial charge in [0.25, 0.3) is 0 Å². The van der Waals surface area contributed by atoms with Crippen molar-refractivity contribution < 1.29 is 4.74 Å². The fourth-order valence-electron chi connectivity index (χ4n) is 1.52. The average Bonchev–Trinajstić information content (AvgIpc) is 2.42. The molecule has 0 bridgehead atoms. The first-order valence-electron chi connectivity index (χ1n) is 5.72. The van der Waals surface area contributed by atoms with Crippen molar-refractivity contribution in [2.45, 2.75) is 19.9 Å². The molecule has 2 rings (SSSR count). The molecule has 0 spiro atoms. The lowest BCUT2D eigenvalue weighted by Crippen LogP contribution is -2.01. The molecular formula is C13H14ClN3O. The molecule has 2 N–H and O–H groups in total. The summed E-state index contributed by atoms with van der Waals surface area (Å²) in [5, 5.41) is 8.61. The predicted octanol–water partition coefficient (Wildman–Crippen LogP) is 2.94. The molecule has 0 saturated heterocycles. The molecule has 18 heavy (non-hydrogen) atoms. The summed E-state index contributed by atoms with van der Waals surface area (Å²) in [4.78, 5) is 0. The molecule has 1 aromatic carbocycles. The summed E-state index contributed by atoms with van der Waals surface area (Å²) in [6.45, 7) is 2.41. The molecule has 0 unspecified atom stereocenters. The van der Waals surface area contributed by atoms with Crippen molar-refractivity contribution >= 4 is 11.6 Å². The largest absolute Gasteiger partial charge is 0.438 e. The quantitative estimate of drug-likeness (QED) is 0.921. The highest BCUT2D eigenvalue weighted by Gasteiger charge is 2.03. The van der Waals surface area contributed by atoms with E-state index in [1.807, 2.05) is 19.1 Å². The predicted molar refractivity (Wildman–Crippen MR) is 70.8 cm³/mol. The monoisotopic (exact) mass is 263 g/mol. The summed E-state index contributed by atoms with van der Waals surface area (Å²) in [6, 6.07) is 9.06. The molecule has 4 nitrogen and oxygen atoms in total. The molecule has 94 valence electrons. The van der Waals surface area contributed by atoms with E-state index < -0.39 is 0 Å². The molecule has 1 heterocycles. The van der Waals surface area contributed by atoms with Crippen LogP contribution in [0.25, 0.3) is 0 Å². The number of aryl methyl sites for hydroxylation is 1. The van der Waals surface area contributed by atoms with Crippen molar-refractivity contribution in [1.29, 1.82) is 0 Å². The van der Waals surface area contributed by atoms with Gasteiger partial charge in [-0.1, -0.05) is 18.5 Å². The fraction of sp³-hybridized carbons (Fsp3) is 0.231. The minimum atomic E-state index is 0.369. The van der Waals surface area contributed by atoms with Crippen LogP contribution in [0.2, 0.25) is 5.02 Å². The second-order valence-corrected chi connectivity index (χ2v) is 4.18. The molecule has 0 fully saturated rings. The number of aromatic nitrogens is 2. The fourth-order valence-corrected chi connectivity index (χ4v) is 1.77. The van der Waals surface area contributed by atoms with E-state index in [9.17, 15) is 0 Å². The number of hydrogen-bond acceptors (Lipinski definition) is 4.